The van der Waals surface area contributed by atoms with Crippen molar-refractivity contribution < 1.29 is 14.3 Å². The third kappa shape index (κ3) is 2.96. The van der Waals surface area contributed by atoms with Crippen LogP contribution in [0.2, 0.25) is 0 Å². The maximum Gasteiger partial charge on any atom is 0.323 e. The highest BCUT2D eigenvalue weighted by Gasteiger charge is 2.17. The fraction of sp³-hybridized carbons (Fsp3) is 0.176. The summed E-state index contributed by atoms with van der Waals surface area (Å²) in [5, 5.41) is 2.84. The van der Waals surface area contributed by atoms with Crippen molar-refractivity contribution in [2.24, 2.45) is 0 Å². The number of nitrogens with one attached hydrogen (secondary N) is 3. The molecule has 1 amide bonds. The van der Waals surface area contributed by atoms with Crippen molar-refractivity contribution in [2.45, 2.75) is 6.54 Å². The van der Waals surface area contributed by atoms with Crippen LogP contribution in [0.25, 0.3) is 11.0 Å². The van der Waals surface area contributed by atoms with Crippen molar-refractivity contribution in [1.82, 2.24) is 15.3 Å². The molecule has 24 heavy (non-hydrogen) atoms. The van der Waals surface area contributed by atoms with Gasteiger partial charge in [-0.15, -0.1) is 0 Å². The first-order chi connectivity index (χ1) is 11.6. The number of hydrogen-bond donors (Lipinski definition) is 3. The number of ether oxygens (including phenoxy) is 2. The van der Waals surface area contributed by atoms with Gasteiger partial charge in [-0.05, 0) is 29.8 Å². The SMILES string of the molecule is COc1cccc(OC)c1C(=O)NCc1ccc2[nH]c(=O)[nH]c2c1. The summed E-state index contributed by atoms with van der Waals surface area (Å²) in [6.45, 7) is 0.309. The number of methoxy groups -OCH3 is 2. The molecule has 0 saturated heterocycles. The number of aromatic amines is 2. The summed E-state index contributed by atoms with van der Waals surface area (Å²) in [6, 6.07) is 10.6. The van der Waals surface area contributed by atoms with Gasteiger partial charge >= 0.3 is 5.69 Å². The molecular formula is C17H17N3O4. The van der Waals surface area contributed by atoms with E-state index in [1.165, 1.54) is 14.2 Å². The van der Waals surface area contributed by atoms with Crippen LogP contribution in [0.15, 0.2) is 41.2 Å². The number of carbonyl (C=O) groups excluding carboxylic acids is 1. The highest BCUT2D eigenvalue weighted by Crippen LogP contribution is 2.28. The first kappa shape index (κ1) is 15.7. The summed E-state index contributed by atoms with van der Waals surface area (Å²) in [4.78, 5) is 29.2. The molecule has 124 valence electrons. The Morgan fingerprint density at radius 1 is 1.04 bits per heavy atom. The summed E-state index contributed by atoms with van der Waals surface area (Å²) in [5.41, 5.74) is 2.37. The van der Waals surface area contributed by atoms with E-state index in [1.807, 2.05) is 12.1 Å². The van der Waals surface area contributed by atoms with E-state index in [0.717, 1.165) is 11.1 Å². The van der Waals surface area contributed by atoms with Gasteiger partial charge < -0.3 is 24.8 Å². The van der Waals surface area contributed by atoms with Crippen LogP contribution in [0.1, 0.15) is 15.9 Å². The molecule has 0 saturated carbocycles. The molecule has 0 aliphatic carbocycles. The number of carbonyl (C=O) groups is 1. The molecule has 7 heteroatoms. The Morgan fingerprint density at radius 3 is 2.38 bits per heavy atom. The Kier molecular flexibility index (Phi) is 4.24. The monoisotopic (exact) mass is 327 g/mol. The summed E-state index contributed by atoms with van der Waals surface area (Å²) < 4.78 is 10.5. The van der Waals surface area contributed by atoms with Crippen molar-refractivity contribution in [2.75, 3.05) is 14.2 Å². The van der Waals surface area contributed by atoms with Crippen molar-refractivity contribution in [3.05, 3.63) is 58.0 Å². The van der Waals surface area contributed by atoms with E-state index < -0.39 is 0 Å². The normalized spacial score (nSPS) is 10.6. The molecule has 0 unspecified atom stereocenters. The zero-order valence-corrected chi connectivity index (χ0v) is 13.3. The molecule has 0 radical (unpaired) electrons. The van der Waals surface area contributed by atoms with Gasteiger partial charge in [0, 0.05) is 6.54 Å². The maximum atomic E-state index is 12.5. The van der Waals surface area contributed by atoms with Crippen molar-refractivity contribution in [3.8, 4) is 11.5 Å². The number of amides is 1. The highest BCUT2D eigenvalue weighted by atomic mass is 16.5. The van der Waals surface area contributed by atoms with Gasteiger partial charge in [-0.25, -0.2) is 4.79 Å². The zero-order valence-electron chi connectivity index (χ0n) is 13.3. The Morgan fingerprint density at radius 2 is 1.71 bits per heavy atom. The molecule has 1 heterocycles. The van der Waals surface area contributed by atoms with Gasteiger partial charge in [0.25, 0.3) is 5.91 Å². The standard InChI is InChI=1S/C17H17N3O4/c1-23-13-4-3-5-14(24-2)15(13)16(21)18-9-10-6-7-11-12(8-10)20-17(22)19-11/h3-8H,9H2,1-2H3,(H,18,21)(H2,19,20,22). The van der Waals surface area contributed by atoms with Crippen LogP contribution in [0.4, 0.5) is 0 Å². The molecule has 3 N–H and O–H groups in total. The smallest absolute Gasteiger partial charge is 0.323 e. The molecule has 3 rings (SSSR count). The van der Waals surface area contributed by atoms with Crippen LogP contribution >= 0.6 is 0 Å². The van der Waals surface area contributed by atoms with Crippen LogP contribution in [-0.2, 0) is 6.54 Å². The highest BCUT2D eigenvalue weighted by molar-refractivity contribution is 5.99. The molecular weight excluding hydrogens is 310 g/mol. The number of rotatable bonds is 5. The number of aromatic nitrogens is 2. The van der Waals surface area contributed by atoms with E-state index in [0.29, 0.717) is 29.1 Å². The van der Waals surface area contributed by atoms with Gasteiger partial charge in [-0.3, -0.25) is 4.79 Å². The van der Waals surface area contributed by atoms with Crippen LogP contribution in [0, 0.1) is 0 Å². The lowest BCUT2D eigenvalue weighted by molar-refractivity contribution is 0.0944. The second kappa shape index (κ2) is 6.49. The average Bonchev–Trinajstić information content (AvgIpc) is 2.97. The van der Waals surface area contributed by atoms with E-state index in [9.17, 15) is 9.59 Å². The van der Waals surface area contributed by atoms with Gasteiger partial charge in [0.05, 0.1) is 25.3 Å². The fourth-order valence-electron chi connectivity index (χ4n) is 2.54. The minimum atomic E-state index is -0.299. The summed E-state index contributed by atoms with van der Waals surface area (Å²) in [5.74, 6) is 0.585. The first-order valence-electron chi connectivity index (χ1n) is 7.32. The van der Waals surface area contributed by atoms with E-state index in [-0.39, 0.29) is 11.6 Å². The second-order valence-electron chi connectivity index (χ2n) is 5.18. The second-order valence-corrected chi connectivity index (χ2v) is 5.18. The largest absolute Gasteiger partial charge is 0.496 e. The Bertz CT molecular complexity index is 920. The van der Waals surface area contributed by atoms with Crippen LogP contribution in [-0.4, -0.2) is 30.1 Å². The molecule has 0 aliphatic heterocycles. The fourth-order valence-corrected chi connectivity index (χ4v) is 2.54. The maximum absolute atomic E-state index is 12.5. The third-order valence-corrected chi connectivity index (χ3v) is 3.69. The van der Waals surface area contributed by atoms with E-state index >= 15 is 0 Å². The van der Waals surface area contributed by atoms with Crippen LogP contribution in [0.3, 0.4) is 0 Å². The molecule has 0 bridgehead atoms. The van der Waals surface area contributed by atoms with E-state index in [4.69, 9.17) is 9.47 Å². The average molecular weight is 327 g/mol. The molecule has 7 nitrogen and oxygen atoms in total. The van der Waals surface area contributed by atoms with Gasteiger partial charge in [-0.1, -0.05) is 12.1 Å². The van der Waals surface area contributed by atoms with Crippen LogP contribution < -0.4 is 20.5 Å². The summed E-state index contributed by atoms with van der Waals surface area (Å²) >= 11 is 0. The number of imidazole rings is 1. The predicted molar refractivity (Wildman–Crippen MR) is 89.6 cm³/mol. The number of H-pyrrole nitrogens is 2. The van der Waals surface area contributed by atoms with Gasteiger partial charge in [0.2, 0.25) is 0 Å². The molecule has 0 fully saturated rings. The number of fused-ring (bicyclic) bond motifs is 1. The number of hydrogen-bond acceptors (Lipinski definition) is 4. The minimum absolute atomic E-state index is 0.259. The molecule has 0 atom stereocenters. The Hall–Kier alpha value is -3.22. The first-order valence-corrected chi connectivity index (χ1v) is 7.32. The van der Waals surface area contributed by atoms with Crippen molar-refractivity contribution in [1.29, 1.82) is 0 Å². The topological polar surface area (TPSA) is 96.2 Å². The third-order valence-electron chi connectivity index (χ3n) is 3.69. The zero-order chi connectivity index (χ0) is 17.1. The molecule has 0 spiro atoms. The molecule has 2 aromatic carbocycles. The van der Waals surface area contributed by atoms with Crippen molar-refractivity contribution in [3.63, 3.8) is 0 Å². The Balaban J connectivity index is 1.80. The minimum Gasteiger partial charge on any atom is -0.496 e. The molecule has 3 aromatic rings. The van der Waals surface area contributed by atoms with Crippen molar-refractivity contribution >= 4 is 16.9 Å². The lowest BCUT2D eigenvalue weighted by atomic mass is 10.1. The van der Waals surface area contributed by atoms with Crippen LogP contribution in [0.5, 0.6) is 11.5 Å². The lowest BCUT2D eigenvalue weighted by Gasteiger charge is -2.13. The van der Waals surface area contributed by atoms with Gasteiger partial charge in [0.1, 0.15) is 17.1 Å². The Labute approximate surface area is 137 Å². The summed E-state index contributed by atoms with van der Waals surface area (Å²) in [7, 11) is 3.00. The van der Waals surface area contributed by atoms with E-state index in [1.54, 1.807) is 24.3 Å². The number of benzene rings is 2. The van der Waals surface area contributed by atoms with E-state index in [2.05, 4.69) is 15.3 Å². The lowest BCUT2D eigenvalue weighted by Crippen LogP contribution is -2.24. The summed E-state index contributed by atoms with van der Waals surface area (Å²) in [6.07, 6.45) is 0. The molecule has 0 aliphatic rings. The predicted octanol–water partition coefficient (Wildman–Crippen LogP) is 1.80. The van der Waals surface area contributed by atoms with Gasteiger partial charge in [0.15, 0.2) is 0 Å². The molecule has 1 aromatic heterocycles. The van der Waals surface area contributed by atoms with Gasteiger partial charge in [-0.2, -0.15) is 0 Å². The quantitative estimate of drug-likeness (QED) is 0.666.